The normalized spacial score (nSPS) is 18.3. The van der Waals surface area contributed by atoms with E-state index in [1.807, 2.05) is 12.4 Å². The van der Waals surface area contributed by atoms with Crippen molar-refractivity contribution in [3.8, 4) is 0 Å². The smallest absolute Gasteiger partial charge is 0.122 e. The van der Waals surface area contributed by atoms with Crippen LogP contribution in [0.4, 0.5) is 0 Å². The largest absolute Gasteiger partial charge is 0.337 e. The summed E-state index contributed by atoms with van der Waals surface area (Å²) < 4.78 is 4.26. The number of nitrogens with one attached hydrogen (secondary N) is 1. The quantitative estimate of drug-likeness (QED) is 0.843. The Labute approximate surface area is 161 Å². The molecule has 2 aliphatic heterocycles. The fourth-order valence-corrected chi connectivity index (χ4v) is 3.41. The zero-order valence-corrected chi connectivity index (χ0v) is 16.2. The predicted octanol–water partition coefficient (Wildman–Crippen LogP) is 0.881. The molecular weight excluding hydrogens is 361 g/mol. The third-order valence-corrected chi connectivity index (χ3v) is 4.86. The fraction of sp³-hybridized carbons (Fsp3) is 0.625. The van der Waals surface area contributed by atoms with Gasteiger partial charge in [0.15, 0.2) is 0 Å². The van der Waals surface area contributed by atoms with E-state index in [0.29, 0.717) is 0 Å². The van der Waals surface area contributed by atoms with Gasteiger partial charge in [-0.05, 0) is 6.07 Å². The molecule has 2 aromatic heterocycles. The number of fused-ring (bicyclic) bond motifs is 1. The van der Waals surface area contributed by atoms with Gasteiger partial charge < -0.3 is 9.88 Å². The van der Waals surface area contributed by atoms with Gasteiger partial charge in [-0.25, -0.2) is 4.98 Å². The molecule has 7 nitrogen and oxygen atoms in total. The Morgan fingerprint density at radius 2 is 1.76 bits per heavy atom. The molecule has 1 fully saturated rings. The molecule has 1 saturated heterocycles. The molecule has 2 aliphatic rings. The second kappa shape index (κ2) is 9.00. The Bertz CT molecular complexity index is 638. The summed E-state index contributed by atoms with van der Waals surface area (Å²) in [7, 11) is 2.06. The topological polar surface area (TPSA) is 54.2 Å². The van der Waals surface area contributed by atoms with Crippen LogP contribution in [0.15, 0.2) is 18.5 Å². The molecule has 0 atom stereocenters. The van der Waals surface area contributed by atoms with E-state index in [-0.39, 0.29) is 24.8 Å². The minimum atomic E-state index is 0. The van der Waals surface area contributed by atoms with E-state index in [1.165, 1.54) is 11.4 Å². The van der Waals surface area contributed by atoms with Crippen molar-refractivity contribution < 1.29 is 0 Å². The minimum Gasteiger partial charge on any atom is -0.337 e. The molecule has 2 aromatic rings. The summed E-state index contributed by atoms with van der Waals surface area (Å²) >= 11 is 0. The van der Waals surface area contributed by atoms with Crippen LogP contribution in [-0.4, -0.2) is 61.9 Å². The van der Waals surface area contributed by atoms with Gasteiger partial charge in [0, 0.05) is 65.3 Å². The van der Waals surface area contributed by atoms with Crippen molar-refractivity contribution in [2.45, 2.75) is 26.2 Å². The Hall–Kier alpha value is -1.12. The maximum absolute atomic E-state index is 4.74. The fourth-order valence-electron chi connectivity index (χ4n) is 3.41. The zero-order valence-electron chi connectivity index (χ0n) is 14.6. The molecule has 0 aromatic carbocycles. The molecule has 0 bridgehead atoms. The van der Waals surface area contributed by atoms with Gasteiger partial charge >= 0.3 is 0 Å². The lowest BCUT2D eigenvalue weighted by molar-refractivity contribution is 0.118. The lowest BCUT2D eigenvalue weighted by Gasteiger charge is -2.34. The lowest BCUT2D eigenvalue weighted by Crippen LogP contribution is -2.45. The summed E-state index contributed by atoms with van der Waals surface area (Å²) in [6.07, 6.45) is 3.89. The molecule has 0 amide bonds. The summed E-state index contributed by atoms with van der Waals surface area (Å²) in [6, 6.07) is 2.26. The molecule has 0 unspecified atom stereocenters. The van der Waals surface area contributed by atoms with Crippen LogP contribution in [0, 0.1) is 0 Å². The molecule has 0 aliphatic carbocycles. The maximum Gasteiger partial charge on any atom is 0.122 e. The number of hydrogen-bond donors (Lipinski definition) is 1. The Balaban J connectivity index is 0.00000113. The summed E-state index contributed by atoms with van der Waals surface area (Å²) in [4.78, 5) is 9.42. The number of imidazole rings is 1. The molecular formula is C16H27Cl2N7. The van der Waals surface area contributed by atoms with Crippen LogP contribution in [0.25, 0.3) is 0 Å². The SMILES string of the molecule is Cl.Cl.Cn1ccnc1CN1CCN(Cc2cc3n(n2)CCNC3)CC1. The number of rotatable bonds is 4. The van der Waals surface area contributed by atoms with Crippen molar-refractivity contribution in [1.82, 2.24) is 34.4 Å². The molecule has 140 valence electrons. The highest BCUT2D eigenvalue weighted by molar-refractivity contribution is 5.85. The van der Waals surface area contributed by atoms with Crippen molar-refractivity contribution in [1.29, 1.82) is 0 Å². The van der Waals surface area contributed by atoms with Gasteiger partial charge in [-0.3, -0.25) is 14.5 Å². The van der Waals surface area contributed by atoms with Crippen LogP contribution in [-0.2, 0) is 33.2 Å². The number of hydrogen-bond acceptors (Lipinski definition) is 5. The summed E-state index contributed by atoms with van der Waals surface area (Å²) in [6.45, 7) is 9.29. The van der Waals surface area contributed by atoms with Crippen LogP contribution in [0.3, 0.4) is 0 Å². The van der Waals surface area contributed by atoms with Gasteiger partial charge in [-0.1, -0.05) is 0 Å². The van der Waals surface area contributed by atoms with Crippen molar-refractivity contribution in [3.05, 3.63) is 35.7 Å². The van der Waals surface area contributed by atoms with E-state index in [9.17, 15) is 0 Å². The highest BCUT2D eigenvalue weighted by atomic mass is 35.5. The monoisotopic (exact) mass is 387 g/mol. The van der Waals surface area contributed by atoms with Crippen LogP contribution >= 0.6 is 24.8 Å². The highest BCUT2D eigenvalue weighted by Gasteiger charge is 2.20. The van der Waals surface area contributed by atoms with Crippen LogP contribution < -0.4 is 5.32 Å². The van der Waals surface area contributed by atoms with E-state index < -0.39 is 0 Å². The number of aryl methyl sites for hydroxylation is 1. The van der Waals surface area contributed by atoms with Crippen molar-refractivity contribution >= 4 is 24.8 Å². The van der Waals surface area contributed by atoms with Gasteiger partial charge in [0.05, 0.1) is 24.5 Å². The average molecular weight is 388 g/mol. The van der Waals surface area contributed by atoms with Crippen molar-refractivity contribution in [2.24, 2.45) is 7.05 Å². The second-order valence-corrected chi connectivity index (χ2v) is 6.53. The summed E-state index contributed by atoms with van der Waals surface area (Å²) in [5.41, 5.74) is 2.53. The maximum atomic E-state index is 4.74. The highest BCUT2D eigenvalue weighted by Crippen LogP contribution is 2.13. The van der Waals surface area contributed by atoms with E-state index in [2.05, 4.69) is 42.5 Å². The summed E-state index contributed by atoms with van der Waals surface area (Å²) in [5.74, 6) is 1.15. The Morgan fingerprint density at radius 3 is 2.40 bits per heavy atom. The number of aromatic nitrogens is 4. The standard InChI is InChI=1S/C16H25N7.2ClH/c1-20-4-3-18-16(20)13-22-8-6-21(7-9-22)12-14-10-15-11-17-2-5-23(15)19-14;;/h3-4,10,17H,2,5-9,11-13H2,1H3;2*1H. The van der Waals surface area contributed by atoms with Crippen LogP contribution in [0.1, 0.15) is 17.2 Å². The van der Waals surface area contributed by atoms with Crippen LogP contribution in [0.5, 0.6) is 0 Å². The number of halogens is 2. The van der Waals surface area contributed by atoms with Crippen LogP contribution in [0.2, 0.25) is 0 Å². The minimum absolute atomic E-state index is 0. The first-order chi connectivity index (χ1) is 11.3. The molecule has 4 heterocycles. The number of piperazine rings is 1. The molecule has 1 N–H and O–H groups in total. The van der Waals surface area contributed by atoms with Gasteiger partial charge in [0.1, 0.15) is 5.82 Å². The number of nitrogens with zero attached hydrogens (tertiary/aromatic N) is 6. The lowest BCUT2D eigenvalue weighted by atomic mass is 10.2. The molecule has 0 spiro atoms. The first-order valence-corrected chi connectivity index (χ1v) is 8.45. The summed E-state index contributed by atoms with van der Waals surface area (Å²) in [5, 5.41) is 8.14. The molecule has 4 rings (SSSR count). The average Bonchev–Trinajstić information content (AvgIpc) is 3.15. The zero-order chi connectivity index (χ0) is 15.6. The van der Waals surface area contributed by atoms with E-state index in [4.69, 9.17) is 5.10 Å². The van der Waals surface area contributed by atoms with E-state index >= 15 is 0 Å². The second-order valence-electron chi connectivity index (χ2n) is 6.53. The molecule has 0 radical (unpaired) electrons. The molecule has 9 heteroatoms. The first-order valence-electron chi connectivity index (χ1n) is 8.45. The Kier molecular flexibility index (Phi) is 7.27. The van der Waals surface area contributed by atoms with Gasteiger partial charge in [0.2, 0.25) is 0 Å². The first kappa shape index (κ1) is 20.2. The Morgan fingerprint density at radius 1 is 1.04 bits per heavy atom. The van der Waals surface area contributed by atoms with E-state index in [1.54, 1.807) is 0 Å². The predicted molar refractivity (Wildman–Crippen MR) is 102 cm³/mol. The molecule has 25 heavy (non-hydrogen) atoms. The van der Waals surface area contributed by atoms with Crippen molar-refractivity contribution in [3.63, 3.8) is 0 Å². The molecule has 0 saturated carbocycles. The third kappa shape index (κ3) is 4.74. The van der Waals surface area contributed by atoms with Gasteiger partial charge in [-0.2, -0.15) is 5.10 Å². The third-order valence-electron chi connectivity index (χ3n) is 4.86. The van der Waals surface area contributed by atoms with E-state index in [0.717, 1.165) is 64.7 Å². The van der Waals surface area contributed by atoms with Crippen molar-refractivity contribution in [2.75, 3.05) is 32.7 Å². The van der Waals surface area contributed by atoms with Gasteiger partial charge in [-0.15, -0.1) is 24.8 Å². The van der Waals surface area contributed by atoms with Gasteiger partial charge in [0.25, 0.3) is 0 Å².